The topological polar surface area (TPSA) is 115 Å². The Labute approximate surface area is 225 Å². The smallest absolute Gasteiger partial charge is 0.306 e. The first-order chi connectivity index (χ1) is 17.5. The van der Waals surface area contributed by atoms with Gasteiger partial charge in [-0.3, -0.25) is 9.59 Å². The van der Waals surface area contributed by atoms with Crippen molar-refractivity contribution in [2.75, 3.05) is 26.2 Å². The maximum absolute atomic E-state index is 11.4. The first-order valence-electron chi connectivity index (χ1n) is 14.7. The Hall–Kier alpha value is -1.89. The molecule has 3 atom stereocenters. The average Bonchev–Trinajstić information content (AvgIpc) is 2.86. The summed E-state index contributed by atoms with van der Waals surface area (Å²) in [4.78, 5) is 34.2. The van der Waals surface area contributed by atoms with Crippen LogP contribution < -0.4 is 5.11 Å². The van der Waals surface area contributed by atoms with Crippen LogP contribution in [0.1, 0.15) is 117 Å². The highest BCUT2D eigenvalue weighted by molar-refractivity contribution is 5.69. The minimum atomic E-state index is -1.08. The van der Waals surface area contributed by atoms with Crippen molar-refractivity contribution in [2.24, 2.45) is 17.8 Å². The molecule has 0 aliphatic rings. The lowest BCUT2D eigenvalue weighted by Gasteiger charge is -2.41. The molecule has 7 heteroatoms. The van der Waals surface area contributed by atoms with Gasteiger partial charge in [-0.05, 0) is 25.7 Å². The van der Waals surface area contributed by atoms with Gasteiger partial charge in [0, 0.05) is 31.1 Å². The molecule has 3 unspecified atom stereocenters. The summed E-state index contributed by atoms with van der Waals surface area (Å²) < 4.78 is 0.582. The molecule has 0 heterocycles. The van der Waals surface area contributed by atoms with Crippen molar-refractivity contribution in [3.63, 3.8) is 0 Å². The zero-order chi connectivity index (χ0) is 28.1. The van der Waals surface area contributed by atoms with E-state index in [1.165, 1.54) is 51.4 Å². The van der Waals surface area contributed by atoms with Crippen LogP contribution in [0.2, 0.25) is 0 Å². The van der Waals surface area contributed by atoms with Crippen LogP contribution >= 0.6 is 0 Å². The number of carboxylic acids is 3. The van der Waals surface area contributed by atoms with Crippen LogP contribution in [0.4, 0.5) is 0 Å². The van der Waals surface area contributed by atoms with Crippen LogP contribution in [0.25, 0.3) is 0 Å². The van der Waals surface area contributed by atoms with Crippen LogP contribution in [0.3, 0.4) is 0 Å². The molecule has 0 radical (unpaired) electrons. The second-order valence-corrected chi connectivity index (χ2v) is 11.3. The second-order valence-electron chi connectivity index (χ2n) is 11.3. The number of carbonyl (C=O) groups excluding carboxylic acids is 1. The first-order valence-corrected chi connectivity index (χ1v) is 14.7. The highest BCUT2D eigenvalue weighted by Gasteiger charge is 2.30. The van der Waals surface area contributed by atoms with Gasteiger partial charge in [-0.1, -0.05) is 78.2 Å². The van der Waals surface area contributed by atoms with Gasteiger partial charge in [0.2, 0.25) is 0 Å². The molecule has 0 bridgehead atoms. The highest BCUT2D eigenvalue weighted by atomic mass is 16.4. The Balaban J connectivity index is 4.81. The molecule has 7 nitrogen and oxygen atoms in total. The number of rotatable bonds is 26. The van der Waals surface area contributed by atoms with Gasteiger partial charge in [-0.25, -0.2) is 0 Å². The van der Waals surface area contributed by atoms with Crippen molar-refractivity contribution in [1.29, 1.82) is 0 Å². The zero-order valence-corrected chi connectivity index (χ0v) is 23.9. The summed E-state index contributed by atoms with van der Waals surface area (Å²) in [6, 6.07) is 0. The summed E-state index contributed by atoms with van der Waals surface area (Å²) in [5.41, 5.74) is 0. The predicted molar refractivity (Wildman–Crippen MR) is 147 cm³/mol. The Morgan fingerprint density at radius 2 is 1.00 bits per heavy atom. The predicted octanol–water partition coefficient (Wildman–Crippen LogP) is 5.67. The van der Waals surface area contributed by atoms with Gasteiger partial charge in [0.1, 0.15) is 0 Å². The number of aliphatic carboxylic acids is 3. The molecular weight excluding hydrogens is 470 g/mol. The van der Waals surface area contributed by atoms with Gasteiger partial charge >= 0.3 is 11.9 Å². The number of nitrogens with zero attached hydrogens (tertiary/aromatic N) is 1. The fourth-order valence-corrected chi connectivity index (χ4v) is 4.77. The number of unbranched alkanes of at least 4 members (excludes halogenated alkanes) is 11. The quantitative estimate of drug-likeness (QED) is 0.0854. The van der Waals surface area contributed by atoms with Crippen molar-refractivity contribution in [2.45, 2.75) is 117 Å². The summed E-state index contributed by atoms with van der Waals surface area (Å²) in [5.74, 6) is -4.32. The molecule has 37 heavy (non-hydrogen) atoms. The third-order valence-electron chi connectivity index (χ3n) is 7.90. The van der Waals surface area contributed by atoms with Gasteiger partial charge in [0.15, 0.2) is 0 Å². The van der Waals surface area contributed by atoms with Crippen LogP contribution in [0, 0.1) is 17.8 Å². The van der Waals surface area contributed by atoms with Crippen molar-refractivity contribution < 1.29 is 34.2 Å². The third kappa shape index (κ3) is 18.1. The minimum absolute atomic E-state index is 0.443. The number of hydrogen-bond donors (Lipinski definition) is 2. The molecule has 0 aromatic heterocycles. The lowest BCUT2D eigenvalue weighted by molar-refractivity contribution is -0.929. The van der Waals surface area contributed by atoms with Crippen molar-refractivity contribution >= 4 is 17.9 Å². The Kier molecular flexibility index (Phi) is 20.0. The van der Waals surface area contributed by atoms with E-state index in [4.69, 9.17) is 0 Å². The van der Waals surface area contributed by atoms with E-state index in [0.29, 0.717) is 43.4 Å². The maximum Gasteiger partial charge on any atom is 0.306 e. The molecule has 2 N–H and O–H groups in total. The van der Waals surface area contributed by atoms with E-state index >= 15 is 0 Å². The molecule has 0 aromatic carbocycles. The number of hydrogen-bond acceptors (Lipinski definition) is 4. The van der Waals surface area contributed by atoms with E-state index in [1.807, 2.05) is 6.08 Å². The summed E-state index contributed by atoms with van der Waals surface area (Å²) in [5, 5.41) is 30.1. The number of carboxylic acid groups (broad SMARTS) is 3. The minimum Gasteiger partial charge on any atom is -0.550 e. The number of quaternary nitrogens is 1. The largest absolute Gasteiger partial charge is 0.550 e. The average molecular weight is 526 g/mol. The standard InChI is InChI=1S/C30H55NO6/c1-5-6-7-8-9-10-11-12-13-14-15-16-17-21-31(22-18-25(2)28(32)33,23-19-26(3)29(34)35)24-20-27(4)30(36)37/h5,25-27H,1,6-24H2,2-4H3,(H2-,32,33,34,35,36,37). The summed E-state index contributed by atoms with van der Waals surface area (Å²) in [7, 11) is 0. The van der Waals surface area contributed by atoms with E-state index in [-0.39, 0.29) is 0 Å². The van der Waals surface area contributed by atoms with Gasteiger partial charge in [0.25, 0.3) is 0 Å². The Bertz CT molecular complexity index is 590. The van der Waals surface area contributed by atoms with Crippen LogP contribution in [0.5, 0.6) is 0 Å². The lowest BCUT2D eigenvalue weighted by atomic mass is 10.0. The van der Waals surface area contributed by atoms with Gasteiger partial charge < -0.3 is 24.6 Å². The van der Waals surface area contributed by atoms with Gasteiger partial charge in [0.05, 0.1) is 38.0 Å². The monoisotopic (exact) mass is 525 g/mol. The van der Waals surface area contributed by atoms with Crippen LogP contribution in [-0.2, 0) is 14.4 Å². The normalized spacial score (nSPS) is 15.4. The first kappa shape index (κ1) is 35.1. The molecule has 0 aliphatic carbocycles. The molecule has 216 valence electrons. The number of allylic oxidation sites excluding steroid dienone is 1. The summed E-state index contributed by atoms with van der Waals surface area (Å²) in [6.45, 7) is 11.5. The molecule has 0 saturated carbocycles. The SMILES string of the molecule is C=CCCCCCCCCCCCCC[N+](CCC(C)C(=O)[O-])(CCC(C)C(=O)O)CCC(C)C(=O)O. The zero-order valence-electron chi connectivity index (χ0n) is 23.9. The fourth-order valence-electron chi connectivity index (χ4n) is 4.77. The van der Waals surface area contributed by atoms with Gasteiger partial charge in [-0.2, -0.15) is 0 Å². The highest BCUT2D eigenvalue weighted by Crippen LogP contribution is 2.22. The van der Waals surface area contributed by atoms with E-state index in [9.17, 15) is 29.7 Å². The molecule has 0 saturated heterocycles. The van der Waals surface area contributed by atoms with E-state index < -0.39 is 35.7 Å². The van der Waals surface area contributed by atoms with E-state index in [0.717, 1.165) is 32.2 Å². The molecule has 0 rings (SSSR count). The molecule has 0 aliphatic heterocycles. The molecule has 0 spiro atoms. The Morgan fingerprint density at radius 3 is 1.35 bits per heavy atom. The second kappa shape index (κ2) is 21.1. The van der Waals surface area contributed by atoms with Crippen LogP contribution in [0.15, 0.2) is 12.7 Å². The lowest BCUT2D eigenvalue weighted by Crippen LogP contribution is -2.52. The van der Waals surface area contributed by atoms with E-state index in [1.54, 1.807) is 20.8 Å². The van der Waals surface area contributed by atoms with Gasteiger partial charge in [-0.15, -0.1) is 6.58 Å². The molecule has 0 aromatic rings. The number of carbonyl (C=O) groups is 3. The summed E-state index contributed by atoms with van der Waals surface area (Å²) >= 11 is 0. The van der Waals surface area contributed by atoms with Crippen molar-refractivity contribution in [3.05, 3.63) is 12.7 Å². The Morgan fingerprint density at radius 1 is 0.649 bits per heavy atom. The van der Waals surface area contributed by atoms with Crippen molar-refractivity contribution in [3.8, 4) is 0 Å². The molecule has 0 fully saturated rings. The maximum atomic E-state index is 11.4. The van der Waals surface area contributed by atoms with E-state index in [2.05, 4.69) is 6.58 Å². The molecular formula is C30H55NO6. The van der Waals surface area contributed by atoms with Crippen molar-refractivity contribution in [1.82, 2.24) is 0 Å². The van der Waals surface area contributed by atoms with Crippen LogP contribution in [-0.4, -0.2) is 58.8 Å². The third-order valence-corrected chi connectivity index (χ3v) is 7.90. The summed E-state index contributed by atoms with van der Waals surface area (Å²) in [6.07, 6.45) is 18.0. The fraction of sp³-hybridized carbons (Fsp3) is 0.833. The molecule has 0 amide bonds.